The Hall–Kier alpha value is -2.30. The van der Waals surface area contributed by atoms with Crippen LogP contribution in [0.1, 0.15) is 19.4 Å². The first-order valence-electron chi connectivity index (χ1n) is 8.89. The van der Waals surface area contributed by atoms with Crippen LogP contribution < -0.4 is 0 Å². The minimum absolute atomic E-state index is 0.434. The highest BCUT2D eigenvalue weighted by Crippen LogP contribution is 2.38. The van der Waals surface area contributed by atoms with Gasteiger partial charge >= 0.3 is 0 Å². The van der Waals surface area contributed by atoms with E-state index in [1.165, 1.54) is 0 Å². The van der Waals surface area contributed by atoms with Crippen molar-refractivity contribution >= 4 is 34.4 Å². The molecule has 27 heavy (non-hydrogen) atoms. The van der Waals surface area contributed by atoms with Gasteiger partial charge in [0.05, 0.1) is 5.39 Å². The zero-order valence-corrected chi connectivity index (χ0v) is 17.1. The maximum Gasteiger partial charge on any atom is 0.149 e. The van der Waals surface area contributed by atoms with E-state index in [4.69, 9.17) is 11.6 Å². The Labute approximate surface area is 168 Å². The molecular formula is C22H20ClN3S. The molecule has 4 rings (SSSR count). The van der Waals surface area contributed by atoms with Crippen LogP contribution in [0.3, 0.4) is 0 Å². The van der Waals surface area contributed by atoms with Gasteiger partial charge in [-0.15, -0.1) is 11.8 Å². The van der Waals surface area contributed by atoms with Crippen molar-refractivity contribution < 1.29 is 0 Å². The molecule has 0 atom stereocenters. The van der Waals surface area contributed by atoms with E-state index in [9.17, 15) is 0 Å². The molecule has 0 N–H and O–H groups in total. The Bertz CT molecular complexity index is 1100. The van der Waals surface area contributed by atoms with E-state index in [1.54, 1.807) is 18.1 Å². The topological polar surface area (TPSA) is 30.7 Å². The van der Waals surface area contributed by atoms with Gasteiger partial charge in [0, 0.05) is 27.7 Å². The van der Waals surface area contributed by atoms with E-state index in [0.29, 0.717) is 5.25 Å². The number of fused-ring (bicyclic) bond motifs is 1. The fraction of sp³-hybridized carbons (Fsp3) is 0.182. The van der Waals surface area contributed by atoms with E-state index in [1.807, 2.05) is 25.1 Å². The molecule has 0 radical (unpaired) electrons. The van der Waals surface area contributed by atoms with Crippen LogP contribution >= 0.6 is 23.4 Å². The fourth-order valence-corrected chi connectivity index (χ4v) is 4.16. The normalized spacial score (nSPS) is 11.4. The number of aromatic nitrogens is 3. The summed E-state index contributed by atoms with van der Waals surface area (Å²) >= 11 is 8.15. The third-order valence-electron chi connectivity index (χ3n) is 4.41. The van der Waals surface area contributed by atoms with Gasteiger partial charge < -0.3 is 4.57 Å². The number of thioether (sulfide) groups is 1. The Morgan fingerprint density at radius 1 is 1.04 bits per heavy atom. The molecule has 0 unspecified atom stereocenters. The van der Waals surface area contributed by atoms with Gasteiger partial charge in [-0.2, -0.15) is 0 Å². The highest BCUT2D eigenvalue weighted by atomic mass is 35.5. The highest BCUT2D eigenvalue weighted by Gasteiger charge is 2.18. The van der Waals surface area contributed by atoms with Crippen molar-refractivity contribution in [3.05, 3.63) is 71.6 Å². The summed E-state index contributed by atoms with van der Waals surface area (Å²) in [4.78, 5) is 9.20. The van der Waals surface area contributed by atoms with E-state index in [2.05, 4.69) is 64.9 Å². The molecule has 0 aliphatic rings. The fourth-order valence-electron chi connectivity index (χ4n) is 3.11. The number of rotatable bonds is 4. The summed E-state index contributed by atoms with van der Waals surface area (Å²) in [6.45, 7) is 6.36. The van der Waals surface area contributed by atoms with Crippen LogP contribution in [0, 0.1) is 6.92 Å². The molecule has 0 saturated carbocycles. The van der Waals surface area contributed by atoms with Crippen LogP contribution in [-0.4, -0.2) is 19.8 Å². The Morgan fingerprint density at radius 2 is 1.81 bits per heavy atom. The molecular weight excluding hydrogens is 374 g/mol. The lowest BCUT2D eigenvalue weighted by Gasteiger charge is -2.08. The maximum atomic E-state index is 6.39. The predicted molar refractivity (Wildman–Crippen MR) is 115 cm³/mol. The van der Waals surface area contributed by atoms with Crippen molar-refractivity contribution in [1.29, 1.82) is 0 Å². The minimum atomic E-state index is 0.434. The molecule has 0 amide bonds. The molecule has 0 bridgehead atoms. The van der Waals surface area contributed by atoms with Gasteiger partial charge in [-0.1, -0.05) is 61.8 Å². The first-order valence-corrected chi connectivity index (χ1v) is 10.1. The van der Waals surface area contributed by atoms with Gasteiger partial charge in [0.15, 0.2) is 0 Å². The third kappa shape index (κ3) is 3.47. The van der Waals surface area contributed by atoms with Crippen molar-refractivity contribution in [1.82, 2.24) is 14.5 Å². The lowest BCUT2D eigenvalue weighted by Crippen LogP contribution is -1.96. The first kappa shape index (κ1) is 18.1. The smallest absolute Gasteiger partial charge is 0.149 e. The summed E-state index contributed by atoms with van der Waals surface area (Å²) in [6.07, 6.45) is 3.79. The summed E-state index contributed by atoms with van der Waals surface area (Å²) in [6, 6.07) is 16.5. The Morgan fingerprint density at radius 3 is 2.52 bits per heavy atom. The average Bonchev–Trinajstić information content (AvgIpc) is 3.05. The second kappa shape index (κ2) is 7.37. The van der Waals surface area contributed by atoms with Crippen molar-refractivity contribution in [3.63, 3.8) is 0 Å². The number of aryl methyl sites for hydroxylation is 1. The standard InChI is InChI=1S/C22H20ClN3S/c1-14(2)27-22-20-18(16-7-5-4-6-8-16)12-26(21(20)24-13-25-22)17-10-9-15(3)19(23)11-17/h4-14H,1-3H3. The van der Waals surface area contributed by atoms with Gasteiger partial charge in [-0.05, 0) is 30.2 Å². The lowest BCUT2D eigenvalue weighted by atomic mass is 10.1. The van der Waals surface area contributed by atoms with Gasteiger partial charge in [0.25, 0.3) is 0 Å². The molecule has 0 fully saturated rings. The second-order valence-corrected chi connectivity index (χ2v) is 8.73. The zero-order valence-electron chi connectivity index (χ0n) is 15.5. The number of hydrogen-bond acceptors (Lipinski definition) is 3. The van der Waals surface area contributed by atoms with Crippen molar-refractivity contribution in [2.24, 2.45) is 0 Å². The molecule has 2 aromatic carbocycles. The molecule has 2 heterocycles. The first-order chi connectivity index (χ1) is 13.0. The van der Waals surface area contributed by atoms with E-state index < -0.39 is 0 Å². The van der Waals surface area contributed by atoms with Crippen LogP contribution in [0.5, 0.6) is 0 Å². The van der Waals surface area contributed by atoms with Gasteiger partial charge in [-0.3, -0.25) is 0 Å². The average molecular weight is 394 g/mol. The van der Waals surface area contributed by atoms with E-state index in [0.717, 1.165) is 43.5 Å². The molecule has 0 aliphatic carbocycles. The molecule has 136 valence electrons. The summed E-state index contributed by atoms with van der Waals surface area (Å²) in [5, 5.41) is 3.27. The van der Waals surface area contributed by atoms with Crippen molar-refractivity contribution in [2.45, 2.75) is 31.0 Å². The molecule has 0 saturated heterocycles. The predicted octanol–water partition coefficient (Wildman–Crippen LogP) is 6.55. The lowest BCUT2D eigenvalue weighted by molar-refractivity contribution is 1.03. The van der Waals surface area contributed by atoms with Crippen LogP contribution in [0.25, 0.3) is 27.8 Å². The van der Waals surface area contributed by atoms with Gasteiger partial charge in [0.2, 0.25) is 0 Å². The molecule has 2 aromatic heterocycles. The zero-order chi connectivity index (χ0) is 19.0. The van der Waals surface area contributed by atoms with E-state index >= 15 is 0 Å². The minimum Gasteiger partial charge on any atom is -0.301 e. The van der Waals surface area contributed by atoms with Crippen molar-refractivity contribution in [2.75, 3.05) is 0 Å². The molecule has 4 aromatic rings. The monoisotopic (exact) mass is 393 g/mol. The van der Waals surface area contributed by atoms with Gasteiger partial charge in [0.1, 0.15) is 17.0 Å². The number of benzene rings is 2. The SMILES string of the molecule is Cc1ccc(-n2cc(-c3ccccc3)c3c(SC(C)C)ncnc32)cc1Cl. The quantitative estimate of drug-likeness (QED) is 0.291. The molecule has 0 aliphatic heterocycles. The highest BCUT2D eigenvalue weighted by molar-refractivity contribution is 8.00. The van der Waals surface area contributed by atoms with Gasteiger partial charge in [-0.25, -0.2) is 9.97 Å². The van der Waals surface area contributed by atoms with Crippen LogP contribution in [-0.2, 0) is 0 Å². The molecule has 0 spiro atoms. The molecule has 5 heteroatoms. The summed E-state index contributed by atoms with van der Waals surface area (Å²) in [5.74, 6) is 0. The van der Waals surface area contributed by atoms with Crippen LogP contribution in [0.2, 0.25) is 5.02 Å². The summed E-state index contributed by atoms with van der Waals surface area (Å²) < 4.78 is 2.11. The van der Waals surface area contributed by atoms with Crippen molar-refractivity contribution in [3.8, 4) is 16.8 Å². The van der Waals surface area contributed by atoms with Crippen LogP contribution in [0.4, 0.5) is 0 Å². The number of hydrogen-bond donors (Lipinski definition) is 0. The summed E-state index contributed by atoms with van der Waals surface area (Å²) in [7, 11) is 0. The second-order valence-electron chi connectivity index (χ2n) is 6.76. The molecule has 3 nitrogen and oxygen atoms in total. The largest absolute Gasteiger partial charge is 0.301 e. The van der Waals surface area contributed by atoms with E-state index in [-0.39, 0.29) is 0 Å². The maximum absolute atomic E-state index is 6.39. The Kier molecular flexibility index (Phi) is 4.94. The Balaban J connectivity index is 2.02. The number of nitrogens with zero attached hydrogens (tertiary/aromatic N) is 3. The number of halogens is 1. The van der Waals surface area contributed by atoms with Crippen LogP contribution in [0.15, 0.2) is 66.1 Å². The summed E-state index contributed by atoms with van der Waals surface area (Å²) in [5.41, 5.74) is 5.24. The third-order valence-corrected chi connectivity index (χ3v) is 5.83.